The summed E-state index contributed by atoms with van der Waals surface area (Å²) in [5.74, 6) is 1.08. The molecule has 2 nitrogen and oxygen atoms in total. The van der Waals surface area contributed by atoms with Crippen LogP contribution in [-0.2, 0) is 9.53 Å². The summed E-state index contributed by atoms with van der Waals surface area (Å²) in [5.41, 5.74) is 1.28. The van der Waals surface area contributed by atoms with Gasteiger partial charge in [-0.25, -0.2) is 0 Å². The topological polar surface area (TPSA) is 26.3 Å². The number of carbonyl (C=O) groups is 1. The van der Waals surface area contributed by atoms with Crippen molar-refractivity contribution in [1.82, 2.24) is 0 Å². The summed E-state index contributed by atoms with van der Waals surface area (Å²) >= 11 is 0. The molecule has 1 aliphatic heterocycles. The lowest BCUT2D eigenvalue weighted by Crippen LogP contribution is -2.15. The fourth-order valence-electron chi connectivity index (χ4n) is 3.00. The van der Waals surface area contributed by atoms with E-state index in [-0.39, 0.29) is 12.0 Å². The largest absolute Gasteiger partial charge is 0.370 e. The quantitative estimate of drug-likeness (QED) is 0.560. The molecule has 4 atom stereocenters. The van der Waals surface area contributed by atoms with Crippen molar-refractivity contribution in [2.75, 3.05) is 0 Å². The van der Waals surface area contributed by atoms with E-state index in [1.165, 1.54) is 24.8 Å². The molecule has 0 spiro atoms. The average molecular weight is 280 g/mol. The minimum absolute atomic E-state index is 0.190. The molecule has 0 saturated carbocycles. The maximum absolute atomic E-state index is 11.3. The Morgan fingerprint density at radius 3 is 2.70 bits per heavy atom. The fourth-order valence-corrected chi connectivity index (χ4v) is 3.00. The van der Waals surface area contributed by atoms with Gasteiger partial charge in [-0.3, -0.25) is 4.79 Å². The second-order valence-corrected chi connectivity index (χ2v) is 6.68. The minimum atomic E-state index is 0.190. The average Bonchev–Trinajstić information content (AvgIpc) is 2.74. The van der Waals surface area contributed by atoms with Gasteiger partial charge in [-0.05, 0) is 50.5 Å². The predicted molar refractivity (Wildman–Crippen MR) is 84.8 cm³/mol. The Balaban J connectivity index is 2.27. The maximum atomic E-state index is 11.3. The molecule has 1 fully saturated rings. The van der Waals surface area contributed by atoms with Gasteiger partial charge in [0.2, 0.25) is 0 Å². The van der Waals surface area contributed by atoms with E-state index < -0.39 is 0 Å². The van der Waals surface area contributed by atoms with Gasteiger partial charge in [0.25, 0.3) is 0 Å². The molecule has 0 aromatic carbocycles. The standard InChI is InChI=1S/C18H32O2/c1-6-7-8-17-12-15(4)18(20-17)10-9-13(2)11-14(3)16(5)19/h13-14,17-18H,4,6-12H2,1-3,5H3/t13?,14-,17+,18?/m1/s1. The molecule has 0 aromatic rings. The number of ether oxygens (including phenoxy) is 1. The summed E-state index contributed by atoms with van der Waals surface area (Å²) in [6.45, 7) is 12.4. The monoisotopic (exact) mass is 280 g/mol. The normalized spacial score (nSPS) is 25.7. The zero-order valence-electron chi connectivity index (χ0n) is 13.8. The Hall–Kier alpha value is -0.630. The van der Waals surface area contributed by atoms with Crippen LogP contribution in [0.2, 0.25) is 0 Å². The van der Waals surface area contributed by atoms with Crippen molar-refractivity contribution in [1.29, 1.82) is 0 Å². The van der Waals surface area contributed by atoms with Crippen LogP contribution in [0, 0.1) is 11.8 Å². The van der Waals surface area contributed by atoms with Crippen LogP contribution >= 0.6 is 0 Å². The lowest BCUT2D eigenvalue weighted by Gasteiger charge is -2.18. The Bertz CT molecular complexity index is 321. The minimum Gasteiger partial charge on any atom is -0.370 e. The molecule has 116 valence electrons. The van der Waals surface area contributed by atoms with Crippen molar-refractivity contribution in [2.24, 2.45) is 11.8 Å². The van der Waals surface area contributed by atoms with E-state index in [0.29, 0.717) is 17.8 Å². The summed E-state index contributed by atoms with van der Waals surface area (Å²) in [7, 11) is 0. The highest BCUT2D eigenvalue weighted by Crippen LogP contribution is 2.31. The SMILES string of the molecule is C=C1C[C@H](CCCC)OC1CCC(C)C[C@@H](C)C(C)=O. The van der Waals surface area contributed by atoms with Crippen molar-refractivity contribution < 1.29 is 9.53 Å². The van der Waals surface area contributed by atoms with E-state index in [2.05, 4.69) is 20.4 Å². The smallest absolute Gasteiger partial charge is 0.132 e. The van der Waals surface area contributed by atoms with Crippen LogP contribution in [0.1, 0.15) is 72.6 Å². The highest BCUT2D eigenvalue weighted by atomic mass is 16.5. The van der Waals surface area contributed by atoms with Crippen molar-refractivity contribution in [3.63, 3.8) is 0 Å². The molecule has 20 heavy (non-hydrogen) atoms. The number of rotatable bonds is 9. The van der Waals surface area contributed by atoms with Gasteiger partial charge in [0.05, 0.1) is 12.2 Å². The Kier molecular flexibility index (Phi) is 7.50. The van der Waals surface area contributed by atoms with Crippen LogP contribution in [0.25, 0.3) is 0 Å². The Morgan fingerprint density at radius 2 is 2.10 bits per heavy atom. The second-order valence-electron chi connectivity index (χ2n) is 6.68. The molecule has 0 radical (unpaired) electrons. The molecule has 0 bridgehead atoms. The van der Waals surface area contributed by atoms with Crippen molar-refractivity contribution in [3.8, 4) is 0 Å². The number of unbranched alkanes of at least 4 members (excludes halogenated alkanes) is 1. The van der Waals surface area contributed by atoms with E-state index in [9.17, 15) is 4.79 Å². The summed E-state index contributed by atoms with van der Waals surface area (Å²) < 4.78 is 6.11. The van der Waals surface area contributed by atoms with Gasteiger partial charge in [-0.2, -0.15) is 0 Å². The maximum Gasteiger partial charge on any atom is 0.132 e. The number of ketones is 1. The van der Waals surface area contributed by atoms with Crippen LogP contribution in [0.3, 0.4) is 0 Å². The van der Waals surface area contributed by atoms with Crippen LogP contribution in [0.15, 0.2) is 12.2 Å². The van der Waals surface area contributed by atoms with Gasteiger partial charge in [0.1, 0.15) is 5.78 Å². The lowest BCUT2D eigenvalue weighted by molar-refractivity contribution is -0.120. The molecule has 1 heterocycles. The predicted octanol–water partition coefficient (Wildman–Crippen LogP) is 4.92. The molecule has 1 saturated heterocycles. The zero-order chi connectivity index (χ0) is 15.1. The van der Waals surface area contributed by atoms with Gasteiger partial charge in [-0.15, -0.1) is 0 Å². The zero-order valence-corrected chi connectivity index (χ0v) is 13.8. The van der Waals surface area contributed by atoms with Crippen LogP contribution in [0.5, 0.6) is 0 Å². The number of hydrogen-bond donors (Lipinski definition) is 0. The molecule has 0 N–H and O–H groups in total. The van der Waals surface area contributed by atoms with Crippen molar-refractivity contribution in [2.45, 2.75) is 84.8 Å². The molecule has 0 aliphatic carbocycles. The first-order valence-corrected chi connectivity index (χ1v) is 8.27. The fraction of sp³-hybridized carbons (Fsp3) is 0.833. The number of Topliss-reactive ketones (excluding diaryl/α,β-unsaturated/α-hetero) is 1. The first-order chi connectivity index (χ1) is 9.43. The van der Waals surface area contributed by atoms with E-state index in [1.54, 1.807) is 6.92 Å². The lowest BCUT2D eigenvalue weighted by atomic mass is 9.90. The number of hydrogen-bond acceptors (Lipinski definition) is 2. The third-order valence-corrected chi connectivity index (χ3v) is 4.55. The Morgan fingerprint density at radius 1 is 1.40 bits per heavy atom. The third-order valence-electron chi connectivity index (χ3n) is 4.55. The first kappa shape index (κ1) is 17.4. The molecule has 0 aromatic heterocycles. The summed E-state index contributed by atoms with van der Waals surface area (Å²) in [6.07, 6.45) is 8.54. The summed E-state index contributed by atoms with van der Waals surface area (Å²) in [6, 6.07) is 0. The van der Waals surface area contributed by atoms with Gasteiger partial charge < -0.3 is 4.74 Å². The summed E-state index contributed by atoms with van der Waals surface area (Å²) in [4.78, 5) is 11.3. The highest BCUT2D eigenvalue weighted by Gasteiger charge is 2.28. The van der Waals surface area contributed by atoms with Crippen molar-refractivity contribution >= 4 is 5.78 Å². The van der Waals surface area contributed by atoms with E-state index in [0.717, 1.165) is 25.7 Å². The third kappa shape index (κ3) is 5.78. The molecular formula is C18H32O2. The van der Waals surface area contributed by atoms with Gasteiger partial charge in [0, 0.05) is 5.92 Å². The first-order valence-electron chi connectivity index (χ1n) is 8.27. The molecular weight excluding hydrogens is 248 g/mol. The summed E-state index contributed by atoms with van der Waals surface area (Å²) in [5, 5.41) is 0. The Labute approximate surface area is 125 Å². The number of carbonyl (C=O) groups excluding carboxylic acids is 1. The van der Waals surface area contributed by atoms with Gasteiger partial charge in [0.15, 0.2) is 0 Å². The molecule has 0 amide bonds. The van der Waals surface area contributed by atoms with Crippen molar-refractivity contribution in [3.05, 3.63) is 12.2 Å². The second kappa shape index (κ2) is 8.61. The highest BCUT2D eigenvalue weighted by molar-refractivity contribution is 5.77. The van der Waals surface area contributed by atoms with E-state index in [4.69, 9.17) is 4.74 Å². The van der Waals surface area contributed by atoms with Crippen LogP contribution in [-0.4, -0.2) is 18.0 Å². The van der Waals surface area contributed by atoms with Crippen LogP contribution < -0.4 is 0 Å². The van der Waals surface area contributed by atoms with E-state index in [1.807, 2.05) is 6.92 Å². The van der Waals surface area contributed by atoms with Crippen LogP contribution in [0.4, 0.5) is 0 Å². The van der Waals surface area contributed by atoms with E-state index >= 15 is 0 Å². The van der Waals surface area contributed by atoms with Gasteiger partial charge >= 0.3 is 0 Å². The molecule has 1 rings (SSSR count). The van der Waals surface area contributed by atoms with Gasteiger partial charge in [-0.1, -0.05) is 40.2 Å². The molecule has 1 aliphatic rings. The molecule has 2 heteroatoms. The molecule has 2 unspecified atom stereocenters.